The maximum atomic E-state index is 12.0. The maximum absolute atomic E-state index is 12.0. The van der Waals surface area contributed by atoms with E-state index in [2.05, 4.69) is 4.98 Å². The lowest BCUT2D eigenvalue weighted by molar-refractivity contribution is 0.0956. The van der Waals surface area contributed by atoms with Gasteiger partial charge in [-0.2, -0.15) is 0 Å². The second kappa shape index (κ2) is 4.31. The Labute approximate surface area is 92.1 Å². The average molecular weight is 218 g/mol. The van der Waals surface area contributed by atoms with Crippen LogP contribution in [0, 0.1) is 0 Å². The minimum absolute atomic E-state index is 0.0440. The van der Waals surface area contributed by atoms with Crippen LogP contribution < -0.4 is 0 Å². The van der Waals surface area contributed by atoms with Crippen LogP contribution in [0.4, 0.5) is 0 Å². The summed E-state index contributed by atoms with van der Waals surface area (Å²) in [6, 6.07) is 7.22. The van der Waals surface area contributed by atoms with Crippen molar-refractivity contribution in [1.82, 2.24) is 9.55 Å². The fourth-order valence-electron chi connectivity index (χ4n) is 1.33. The van der Waals surface area contributed by atoms with E-state index in [1.807, 2.05) is 18.4 Å². The van der Waals surface area contributed by atoms with E-state index in [4.69, 9.17) is 0 Å². The van der Waals surface area contributed by atoms with E-state index in [1.54, 1.807) is 35.3 Å². The molecule has 0 fully saturated rings. The maximum Gasteiger partial charge on any atom is 0.264 e. The molecule has 0 N–H and O–H groups in total. The van der Waals surface area contributed by atoms with E-state index in [-0.39, 0.29) is 5.91 Å². The Morgan fingerprint density at radius 2 is 2.07 bits per heavy atom. The molecule has 0 aliphatic rings. The minimum atomic E-state index is -0.0440. The first-order chi connectivity index (χ1) is 7.33. The van der Waals surface area contributed by atoms with Gasteiger partial charge >= 0.3 is 0 Å². The summed E-state index contributed by atoms with van der Waals surface area (Å²) < 4.78 is 1.55. The molecule has 0 aliphatic heterocycles. The summed E-state index contributed by atoms with van der Waals surface area (Å²) >= 11 is 1.48. The average Bonchev–Trinajstić information content (AvgIpc) is 2.81. The summed E-state index contributed by atoms with van der Waals surface area (Å²) in [7, 11) is 0. The number of pyridine rings is 1. The van der Waals surface area contributed by atoms with Crippen LogP contribution in [0.1, 0.15) is 10.4 Å². The smallest absolute Gasteiger partial charge is 0.264 e. The van der Waals surface area contributed by atoms with Crippen molar-refractivity contribution < 1.29 is 4.79 Å². The molecule has 0 spiro atoms. The second-order valence-electron chi connectivity index (χ2n) is 2.96. The molecule has 0 bridgehead atoms. The Hall–Kier alpha value is -1.55. The summed E-state index contributed by atoms with van der Waals surface area (Å²) in [6.07, 6.45) is 7.08. The van der Waals surface area contributed by atoms with Gasteiger partial charge < -0.3 is 0 Å². The number of nitrogens with zero attached hydrogens (tertiary/aromatic N) is 2. The third-order valence-corrected chi connectivity index (χ3v) is 2.75. The van der Waals surface area contributed by atoms with Crippen molar-refractivity contribution in [1.29, 1.82) is 0 Å². The van der Waals surface area contributed by atoms with Crippen LogP contribution in [0.5, 0.6) is 0 Å². The molecule has 0 saturated heterocycles. The molecule has 76 valence electrons. The summed E-state index contributed by atoms with van der Waals surface area (Å²) in [4.78, 5) is 16.2. The molecule has 3 nitrogen and oxygen atoms in total. The first-order valence-corrected chi connectivity index (χ1v) is 5.72. The van der Waals surface area contributed by atoms with Crippen LogP contribution in [0.2, 0.25) is 0 Å². The number of hydrogen-bond acceptors (Lipinski definition) is 3. The van der Waals surface area contributed by atoms with Gasteiger partial charge in [-0.25, -0.2) is 4.98 Å². The van der Waals surface area contributed by atoms with E-state index in [1.165, 1.54) is 11.8 Å². The molecule has 2 heterocycles. The highest BCUT2D eigenvalue weighted by atomic mass is 32.2. The molecule has 0 radical (unpaired) electrons. The van der Waals surface area contributed by atoms with Crippen molar-refractivity contribution in [3.05, 3.63) is 48.4 Å². The van der Waals surface area contributed by atoms with Crippen LogP contribution >= 0.6 is 11.8 Å². The summed E-state index contributed by atoms with van der Waals surface area (Å²) in [6.45, 7) is 0. The summed E-state index contributed by atoms with van der Waals surface area (Å²) in [5.41, 5.74) is 0.640. The van der Waals surface area contributed by atoms with Crippen LogP contribution in [-0.2, 0) is 0 Å². The van der Waals surface area contributed by atoms with Gasteiger partial charge in [-0.3, -0.25) is 9.36 Å². The molecule has 2 aromatic rings. The van der Waals surface area contributed by atoms with Crippen molar-refractivity contribution >= 4 is 17.7 Å². The van der Waals surface area contributed by atoms with Crippen LogP contribution in [0.25, 0.3) is 0 Å². The predicted octanol–water partition coefficient (Wildman–Crippen LogP) is 2.29. The van der Waals surface area contributed by atoms with Gasteiger partial charge in [0.1, 0.15) is 5.03 Å². The standard InChI is InChI=1S/C11H10N2OS/c1-15-10-9(5-4-6-12-10)11(14)13-7-2-3-8-13/h2-8H,1H3. The molecule has 15 heavy (non-hydrogen) atoms. The molecule has 0 saturated carbocycles. The zero-order valence-corrected chi connectivity index (χ0v) is 9.07. The lowest BCUT2D eigenvalue weighted by atomic mass is 10.3. The highest BCUT2D eigenvalue weighted by Crippen LogP contribution is 2.17. The number of aromatic nitrogens is 2. The van der Waals surface area contributed by atoms with Gasteiger partial charge in [0, 0.05) is 18.6 Å². The van der Waals surface area contributed by atoms with Gasteiger partial charge in [0.05, 0.1) is 5.56 Å². The predicted molar refractivity (Wildman–Crippen MR) is 60.2 cm³/mol. The highest BCUT2D eigenvalue weighted by molar-refractivity contribution is 7.98. The van der Waals surface area contributed by atoms with Gasteiger partial charge in [-0.1, -0.05) is 0 Å². The molecule has 0 atom stereocenters. The lowest BCUT2D eigenvalue weighted by Gasteiger charge is -2.05. The van der Waals surface area contributed by atoms with E-state index in [0.29, 0.717) is 5.56 Å². The molecule has 2 rings (SSSR count). The van der Waals surface area contributed by atoms with Gasteiger partial charge in [0.25, 0.3) is 5.91 Å². The Morgan fingerprint density at radius 3 is 2.73 bits per heavy atom. The van der Waals surface area contributed by atoms with Crippen molar-refractivity contribution in [2.45, 2.75) is 5.03 Å². The second-order valence-corrected chi connectivity index (χ2v) is 3.75. The van der Waals surface area contributed by atoms with Crippen LogP contribution in [0.3, 0.4) is 0 Å². The quantitative estimate of drug-likeness (QED) is 0.725. The lowest BCUT2D eigenvalue weighted by Crippen LogP contribution is -2.11. The third-order valence-electron chi connectivity index (χ3n) is 2.03. The minimum Gasteiger partial charge on any atom is -0.291 e. The van der Waals surface area contributed by atoms with Crippen LogP contribution in [0.15, 0.2) is 47.9 Å². The molecule has 4 heteroatoms. The molecule has 0 aromatic carbocycles. The number of thioether (sulfide) groups is 1. The zero-order valence-electron chi connectivity index (χ0n) is 8.25. The number of hydrogen-bond donors (Lipinski definition) is 0. The first-order valence-electron chi connectivity index (χ1n) is 4.49. The Kier molecular flexibility index (Phi) is 2.87. The fourth-order valence-corrected chi connectivity index (χ4v) is 1.87. The van der Waals surface area contributed by atoms with E-state index in [0.717, 1.165) is 5.03 Å². The number of carbonyl (C=O) groups excluding carboxylic acids is 1. The zero-order chi connectivity index (χ0) is 10.7. The third kappa shape index (κ3) is 1.94. The van der Waals surface area contributed by atoms with Crippen molar-refractivity contribution in [2.24, 2.45) is 0 Å². The molecule has 0 amide bonds. The van der Waals surface area contributed by atoms with E-state index >= 15 is 0 Å². The van der Waals surface area contributed by atoms with Gasteiger partial charge in [0.15, 0.2) is 0 Å². The molecule has 0 unspecified atom stereocenters. The Morgan fingerprint density at radius 1 is 1.33 bits per heavy atom. The molecular weight excluding hydrogens is 208 g/mol. The van der Waals surface area contributed by atoms with E-state index < -0.39 is 0 Å². The number of carbonyl (C=O) groups is 1. The monoisotopic (exact) mass is 218 g/mol. The largest absolute Gasteiger partial charge is 0.291 e. The van der Waals surface area contributed by atoms with Crippen molar-refractivity contribution in [3.8, 4) is 0 Å². The Balaban J connectivity index is 2.42. The molecule has 2 aromatic heterocycles. The highest BCUT2D eigenvalue weighted by Gasteiger charge is 2.12. The van der Waals surface area contributed by atoms with Gasteiger partial charge in [-0.05, 0) is 30.5 Å². The Bertz CT molecular complexity index is 465. The fraction of sp³-hybridized carbons (Fsp3) is 0.0909. The summed E-state index contributed by atoms with van der Waals surface area (Å²) in [5, 5.41) is 0.760. The molecule has 0 aliphatic carbocycles. The normalized spacial score (nSPS) is 10.2. The topological polar surface area (TPSA) is 34.9 Å². The SMILES string of the molecule is CSc1ncccc1C(=O)n1cccc1. The van der Waals surface area contributed by atoms with Gasteiger partial charge in [0.2, 0.25) is 0 Å². The number of rotatable bonds is 2. The van der Waals surface area contributed by atoms with Crippen LogP contribution in [-0.4, -0.2) is 21.7 Å². The van der Waals surface area contributed by atoms with Crippen molar-refractivity contribution in [3.63, 3.8) is 0 Å². The summed E-state index contributed by atoms with van der Waals surface area (Å²) in [5.74, 6) is -0.0440. The van der Waals surface area contributed by atoms with E-state index in [9.17, 15) is 4.79 Å². The van der Waals surface area contributed by atoms with Crippen molar-refractivity contribution in [2.75, 3.05) is 6.26 Å². The molecular formula is C11H10N2OS. The first kappa shape index (κ1) is 9.98. The van der Waals surface area contributed by atoms with Gasteiger partial charge in [-0.15, -0.1) is 11.8 Å².